The standard InChI is InChI=1S/C7H10N4/c1-3-9-7-6(4-8)10-5-11(7)2/h3-5,8-9H,1H2,2H3. The van der Waals surface area contributed by atoms with Crippen LogP contribution in [0.1, 0.15) is 5.69 Å². The molecule has 0 amide bonds. The lowest BCUT2D eigenvalue weighted by atomic mass is 10.4. The van der Waals surface area contributed by atoms with Gasteiger partial charge in [0.05, 0.1) is 6.33 Å². The molecule has 2 N–H and O–H groups in total. The molecule has 0 aliphatic carbocycles. The minimum absolute atomic E-state index is 0.618. The van der Waals surface area contributed by atoms with Gasteiger partial charge in [0.15, 0.2) is 0 Å². The van der Waals surface area contributed by atoms with Crippen molar-refractivity contribution < 1.29 is 0 Å². The summed E-state index contributed by atoms with van der Waals surface area (Å²) in [7, 11) is 1.85. The zero-order chi connectivity index (χ0) is 8.27. The average molecular weight is 150 g/mol. The average Bonchev–Trinajstić information content (AvgIpc) is 2.34. The van der Waals surface area contributed by atoms with E-state index in [2.05, 4.69) is 16.9 Å². The van der Waals surface area contributed by atoms with E-state index in [0.717, 1.165) is 5.82 Å². The lowest BCUT2D eigenvalue weighted by Crippen LogP contribution is -1.97. The molecule has 0 radical (unpaired) electrons. The normalized spacial score (nSPS) is 9.18. The molecule has 0 saturated carbocycles. The Balaban J connectivity index is 3.06. The molecule has 0 aromatic carbocycles. The Hall–Kier alpha value is -1.58. The van der Waals surface area contributed by atoms with Crippen molar-refractivity contribution in [2.24, 2.45) is 7.05 Å². The van der Waals surface area contributed by atoms with Gasteiger partial charge in [-0.3, -0.25) is 0 Å². The minimum Gasteiger partial charge on any atom is -0.347 e. The molecule has 0 atom stereocenters. The van der Waals surface area contributed by atoms with Crippen molar-refractivity contribution in [1.29, 1.82) is 5.41 Å². The van der Waals surface area contributed by atoms with Crippen LogP contribution in [-0.2, 0) is 7.05 Å². The smallest absolute Gasteiger partial charge is 0.138 e. The number of aromatic nitrogens is 2. The quantitative estimate of drug-likeness (QED) is 0.631. The maximum absolute atomic E-state index is 7.00. The summed E-state index contributed by atoms with van der Waals surface area (Å²) < 4.78 is 1.79. The predicted molar refractivity (Wildman–Crippen MR) is 44.9 cm³/mol. The highest BCUT2D eigenvalue weighted by Gasteiger charge is 2.02. The second-order valence-electron chi connectivity index (χ2n) is 2.08. The SMILES string of the molecule is C=CNc1c(C=N)ncn1C. The molecule has 0 bridgehead atoms. The molecule has 1 heterocycles. The van der Waals surface area contributed by atoms with Crippen LogP contribution in [0.15, 0.2) is 19.1 Å². The second kappa shape index (κ2) is 3.01. The highest BCUT2D eigenvalue weighted by atomic mass is 15.1. The summed E-state index contributed by atoms with van der Waals surface area (Å²) in [6.07, 6.45) is 4.40. The van der Waals surface area contributed by atoms with E-state index in [1.165, 1.54) is 6.21 Å². The van der Waals surface area contributed by atoms with Crippen LogP contribution in [0.5, 0.6) is 0 Å². The van der Waals surface area contributed by atoms with Crippen LogP contribution in [-0.4, -0.2) is 15.8 Å². The molecule has 0 spiro atoms. The summed E-state index contributed by atoms with van der Waals surface area (Å²) in [5.74, 6) is 0.787. The van der Waals surface area contributed by atoms with Gasteiger partial charge in [0.1, 0.15) is 11.5 Å². The van der Waals surface area contributed by atoms with Crippen molar-refractivity contribution in [2.45, 2.75) is 0 Å². The third kappa shape index (κ3) is 1.29. The highest BCUT2D eigenvalue weighted by molar-refractivity contribution is 5.81. The van der Waals surface area contributed by atoms with E-state index in [0.29, 0.717) is 5.69 Å². The summed E-state index contributed by atoms with van der Waals surface area (Å²) in [4.78, 5) is 3.96. The van der Waals surface area contributed by atoms with Gasteiger partial charge in [-0.2, -0.15) is 0 Å². The molecule has 0 aliphatic rings. The van der Waals surface area contributed by atoms with Crippen LogP contribution in [0, 0.1) is 5.41 Å². The van der Waals surface area contributed by atoms with Gasteiger partial charge in [-0.15, -0.1) is 0 Å². The molecule has 11 heavy (non-hydrogen) atoms. The lowest BCUT2D eigenvalue weighted by Gasteiger charge is -2.00. The maximum Gasteiger partial charge on any atom is 0.138 e. The number of imidazole rings is 1. The first kappa shape index (κ1) is 7.53. The molecular weight excluding hydrogens is 140 g/mol. The van der Waals surface area contributed by atoms with E-state index in [1.807, 2.05) is 7.05 Å². The lowest BCUT2D eigenvalue weighted by molar-refractivity contribution is 0.921. The Labute approximate surface area is 65.1 Å². The summed E-state index contributed by atoms with van der Waals surface area (Å²) in [6, 6.07) is 0. The zero-order valence-electron chi connectivity index (χ0n) is 6.33. The van der Waals surface area contributed by atoms with Crippen LogP contribution in [0.25, 0.3) is 0 Å². The van der Waals surface area contributed by atoms with Gasteiger partial charge in [0.25, 0.3) is 0 Å². The number of nitrogens with one attached hydrogen (secondary N) is 2. The van der Waals surface area contributed by atoms with Crippen molar-refractivity contribution in [3.8, 4) is 0 Å². The van der Waals surface area contributed by atoms with Gasteiger partial charge < -0.3 is 15.3 Å². The number of aryl methyl sites for hydroxylation is 1. The Kier molecular flexibility index (Phi) is 2.06. The fourth-order valence-electron chi connectivity index (χ4n) is 0.826. The van der Waals surface area contributed by atoms with Crippen LogP contribution in [0.2, 0.25) is 0 Å². The van der Waals surface area contributed by atoms with E-state index < -0.39 is 0 Å². The van der Waals surface area contributed by atoms with Crippen LogP contribution >= 0.6 is 0 Å². The number of hydrogen-bond acceptors (Lipinski definition) is 3. The van der Waals surface area contributed by atoms with E-state index in [9.17, 15) is 0 Å². The van der Waals surface area contributed by atoms with E-state index >= 15 is 0 Å². The molecule has 0 fully saturated rings. The van der Waals surface area contributed by atoms with Crippen molar-refractivity contribution in [2.75, 3.05) is 5.32 Å². The summed E-state index contributed by atoms with van der Waals surface area (Å²) in [5.41, 5.74) is 0.618. The third-order valence-electron chi connectivity index (χ3n) is 1.34. The first-order valence-corrected chi connectivity index (χ1v) is 3.19. The Morgan fingerprint density at radius 1 is 1.82 bits per heavy atom. The number of rotatable bonds is 3. The maximum atomic E-state index is 7.00. The monoisotopic (exact) mass is 150 g/mol. The number of hydrogen-bond donors (Lipinski definition) is 2. The summed E-state index contributed by atoms with van der Waals surface area (Å²) >= 11 is 0. The first-order valence-electron chi connectivity index (χ1n) is 3.19. The minimum atomic E-state index is 0.618. The highest BCUT2D eigenvalue weighted by Crippen LogP contribution is 2.09. The fourth-order valence-corrected chi connectivity index (χ4v) is 0.826. The first-order chi connectivity index (χ1) is 5.29. The van der Waals surface area contributed by atoms with Crippen molar-refractivity contribution >= 4 is 12.0 Å². The second-order valence-corrected chi connectivity index (χ2v) is 2.08. The fraction of sp³-hybridized carbons (Fsp3) is 0.143. The third-order valence-corrected chi connectivity index (χ3v) is 1.34. The Morgan fingerprint density at radius 3 is 3.09 bits per heavy atom. The van der Waals surface area contributed by atoms with Crippen molar-refractivity contribution in [3.63, 3.8) is 0 Å². The van der Waals surface area contributed by atoms with Crippen LogP contribution in [0.4, 0.5) is 5.82 Å². The molecule has 4 heteroatoms. The molecule has 1 aromatic heterocycles. The van der Waals surface area contributed by atoms with E-state index in [-0.39, 0.29) is 0 Å². The van der Waals surface area contributed by atoms with Gasteiger partial charge in [-0.1, -0.05) is 6.58 Å². The molecular formula is C7H10N4. The molecule has 1 rings (SSSR count). The number of nitrogens with zero attached hydrogens (tertiary/aromatic N) is 2. The zero-order valence-corrected chi connectivity index (χ0v) is 6.33. The topological polar surface area (TPSA) is 53.7 Å². The molecule has 58 valence electrons. The Bertz CT molecular complexity index is 274. The Morgan fingerprint density at radius 2 is 2.55 bits per heavy atom. The summed E-state index contributed by atoms with van der Waals surface area (Å²) in [5, 5.41) is 9.89. The molecule has 4 nitrogen and oxygen atoms in total. The van der Waals surface area contributed by atoms with Crippen LogP contribution in [0.3, 0.4) is 0 Å². The van der Waals surface area contributed by atoms with Crippen molar-refractivity contribution in [1.82, 2.24) is 9.55 Å². The van der Waals surface area contributed by atoms with Gasteiger partial charge >= 0.3 is 0 Å². The van der Waals surface area contributed by atoms with Gasteiger partial charge in [0.2, 0.25) is 0 Å². The molecule has 1 aromatic rings. The van der Waals surface area contributed by atoms with E-state index in [1.54, 1.807) is 17.1 Å². The van der Waals surface area contributed by atoms with Gasteiger partial charge in [-0.05, 0) is 6.20 Å². The van der Waals surface area contributed by atoms with E-state index in [4.69, 9.17) is 5.41 Å². The molecule has 0 unspecified atom stereocenters. The van der Waals surface area contributed by atoms with Gasteiger partial charge in [0, 0.05) is 13.3 Å². The largest absolute Gasteiger partial charge is 0.347 e. The number of anilines is 1. The van der Waals surface area contributed by atoms with Crippen molar-refractivity contribution in [3.05, 3.63) is 24.8 Å². The van der Waals surface area contributed by atoms with Gasteiger partial charge in [-0.25, -0.2) is 4.98 Å². The molecule has 0 aliphatic heterocycles. The van der Waals surface area contributed by atoms with Crippen LogP contribution < -0.4 is 5.32 Å². The summed E-state index contributed by atoms with van der Waals surface area (Å²) in [6.45, 7) is 3.52. The molecule has 0 saturated heterocycles. The predicted octanol–water partition coefficient (Wildman–Crippen LogP) is 0.973.